The first kappa shape index (κ1) is 18.1. The molecule has 2 aromatic rings. The summed E-state index contributed by atoms with van der Waals surface area (Å²) in [6.45, 7) is 4.19. The van der Waals surface area contributed by atoms with E-state index in [0.29, 0.717) is 11.7 Å². The summed E-state index contributed by atoms with van der Waals surface area (Å²) in [5.41, 5.74) is 0.835. The Balaban J connectivity index is 1.84. The molecule has 7 nitrogen and oxygen atoms in total. The summed E-state index contributed by atoms with van der Waals surface area (Å²) < 4.78 is 11.5. The standard InChI is InChI=1S/C19H23N3O4/c1-13(2)14-8-10-16(11-9-14)26-19-17(22(23)24)18(20-12-21-19)25-15-6-4-3-5-7-15/h8-13,15H,3-7H2,1-2H3. The van der Waals surface area contributed by atoms with Crippen molar-refractivity contribution in [2.75, 3.05) is 0 Å². The number of rotatable bonds is 6. The van der Waals surface area contributed by atoms with Crippen molar-refractivity contribution in [3.05, 3.63) is 46.3 Å². The molecular formula is C19H23N3O4. The first-order valence-electron chi connectivity index (χ1n) is 8.98. The van der Waals surface area contributed by atoms with Crippen molar-refractivity contribution in [3.63, 3.8) is 0 Å². The molecule has 0 spiro atoms. The summed E-state index contributed by atoms with van der Waals surface area (Å²) >= 11 is 0. The molecular weight excluding hydrogens is 334 g/mol. The molecule has 3 rings (SSSR count). The van der Waals surface area contributed by atoms with E-state index in [2.05, 4.69) is 23.8 Å². The van der Waals surface area contributed by atoms with Crippen molar-refractivity contribution < 1.29 is 14.4 Å². The fraction of sp³-hybridized carbons (Fsp3) is 0.474. The summed E-state index contributed by atoms with van der Waals surface area (Å²) in [5.74, 6) is 0.756. The van der Waals surface area contributed by atoms with Gasteiger partial charge in [-0.3, -0.25) is 10.1 Å². The molecule has 0 bridgehead atoms. The monoisotopic (exact) mass is 357 g/mol. The van der Waals surface area contributed by atoms with Gasteiger partial charge >= 0.3 is 17.4 Å². The van der Waals surface area contributed by atoms with Crippen LogP contribution in [0.3, 0.4) is 0 Å². The molecule has 7 heteroatoms. The Hall–Kier alpha value is -2.70. The molecule has 1 aromatic heterocycles. The molecule has 138 valence electrons. The van der Waals surface area contributed by atoms with Crippen LogP contribution in [-0.4, -0.2) is 21.0 Å². The van der Waals surface area contributed by atoms with Crippen LogP contribution < -0.4 is 9.47 Å². The van der Waals surface area contributed by atoms with E-state index in [1.165, 1.54) is 12.7 Å². The Morgan fingerprint density at radius 3 is 2.35 bits per heavy atom. The Labute approximate surface area is 152 Å². The first-order chi connectivity index (χ1) is 12.5. The van der Waals surface area contributed by atoms with E-state index >= 15 is 0 Å². The van der Waals surface area contributed by atoms with Crippen LogP contribution in [0, 0.1) is 10.1 Å². The van der Waals surface area contributed by atoms with Gasteiger partial charge in [0.25, 0.3) is 0 Å². The van der Waals surface area contributed by atoms with E-state index in [9.17, 15) is 10.1 Å². The molecule has 1 aliphatic rings. The maximum Gasteiger partial charge on any atom is 0.392 e. The quantitative estimate of drug-likeness (QED) is 0.533. The van der Waals surface area contributed by atoms with Gasteiger partial charge in [0.1, 0.15) is 18.2 Å². The normalized spacial score (nSPS) is 15.0. The molecule has 26 heavy (non-hydrogen) atoms. The van der Waals surface area contributed by atoms with Crippen LogP contribution >= 0.6 is 0 Å². The van der Waals surface area contributed by atoms with Crippen LogP contribution in [0.2, 0.25) is 0 Å². The van der Waals surface area contributed by atoms with E-state index in [0.717, 1.165) is 31.2 Å². The molecule has 1 heterocycles. The zero-order chi connectivity index (χ0) is 18.5. The van der Waals surface area contributed by atoms with Gasteiger partial charge in [0.15, 0.2) is 0 Å². The minimum absolute atomic E-state index is 0.0225. The molecule has 0 radical (unpaired) electrons. The van der Waals surface area contributed by atoms with Gasteiger partial charge in [-0.1, -0.05) is 32.4 Å². The molecule has 0 unspecified atom stereocenters. The van der Waals surface area contributed by atoms with Crippen molar-refractivity contribution in [1.82, 2.24) is 9.97 Å². The van der Waals surface area contributed by atoms with E-state index in [1.807, 2.05) is 12.1 Å². The van der Waals surface area contributed by atoms with Gasteiger partial charge in [-0.25, -0.2) is 0 Å². The molecule has 0 N–H and O–H groups in total. The third-order valence-electron chi connectivity index (χ3n) is 4.53. The van der Waals surface area contributed by atoms with Gasteiger partial charge in [-0.05, 0) is 49.3 Å². The molecule has 0 aliphatic heterocycles. The number of nitrogens with zero attached hydrogens (tertiary/aromatic N) is 3. The highest BCUT2D eigenvalue weighted by atomic mass is 16.6. The molecule has 1 saturated carbocycles. The summed E-state index contributed by atoms with van der Waals surface area (Å²) in [5, 5.41) is 11.6. The zero-order valence-electron chi connectivity index (χ0n) is 15.1. The summed E-state index contributed by atoms with van der Waals surface area (Å²) in [7, 11) is 0. The number of ether oxygens (including phenoxy) is 2. The Bertz CT molecular complexity index is 756. The topological polar surface area (TPSA) is 87.4 Å². The number of aromatic nitrogens is 2. The predicted octanol–water partition coefficient (Wildman–Crippen LogP) is 5.01. The smallest absolute Gasteiger partial charge is 0.392 e. The highest BCUT2D eigenvalue weighted by molar-refractivity contribution is 5.50. The van der Waals surface area contributed by atoms with E-state index < -0.39 is 4.92 Å². The maximum absolute atomic E-state index is 11.6. The molecule has 1 fully saturated rings. The highest BCUT2D eigenvalue weighted by Crippen LogP contribution is 2.37. The molecule has 0 atom stereocenters. The summed E-state index contributed by atoms with van der Waals surface area (Å²) in [6, 6.07) is 7.44. The number of hydrogen-bond acceptors (Lipinski definition) is 6. The van der Waals surface area contributed by atoms with Gasteiger partial charge in [-0.2, -0.15) is 9.97 Å². The molecule has 0 saturated heterocycles. The Morgan fingerprint density at radius 1 is 1.08 bits per heavy atom. The van der Waals surface area contributed by atoms with Crippen LogP contribution in [-0.2, 0) is 0 Å². The highest BCUT2D eigenvalue weighted by Gasteiger charge is 2.29. The minimum atomic E-state index is -0.546. The first-order valence-corrected chi connectivity index (χ1v) is 8.98. The van der Waals surface area contributed by atoms with Gasteiger partial charge in [0, 0.05) is 0 Å². The van der Waals surface area contributed by atoms with Crippen LogP contribution in [0.4, 0.5) is 5.69 Å². The van der Waals surface area contributed by atoms with E-state index in [1.54, 1.807) is 12.1 Å². The Morgan fingerprint density at radius 2 is 1.73 bits per heavy atom. The summed E-state index contributed by atoms with van der Waals surface area (Å²) in [6.07, 6.45) is 6.26. The lowest BCUT2D eigenvalue weighted by Crippen LogP contribution is -2.21. The van der Waals surface area contributed by atoms with Gasteiger partial charge in [0.05, 0.1) is 4.92 Å². The zero-order valence-corrected chi connectivity index (χ0v) is 15.1. The molecule has 1 aromatic carbocycles. The van der Waals surface area contributed by atoms with Crippen molar-refractivity contribution in [1.29, 1.82) is 0 Å². The lowest BCUT2D eigenvalue weighted by molar-refractivity contribution is -0.387. The van der Waals surface area contributed by atoms with Crippen LogP contribution in [0.15, 0.2) is 30.6 Å². The number of hydrogen-bond donors (Lipinski definition) is 0. The van der Waals surface area contributed by atoms with Crippen LogP contribution in [0.1, 0.15) is 57.4 Å². The van der Waals surface area contributed by atoms with Crippen molar-refractivity contribution in [3.8, 4) is 17.5 Å². The number of nitro groups is 1. The lowest BCUT2D eigenvalue weighted by atomic mass is 9.98. The third kappa shape index (κ3) is 4.28. The fourth-order valence-electron chi connectivity index (χ4n) is 3.04. The molecule has 1 aliphatic carbocycles. The number of benzene rings is 1. The Kier molecular flexibility index (Phi) is 5.65. The second-order valence-corrected chi connectivity index (χ2v) is 6.79. The van der Waals surface area contributed by atoms with E-state index in [4.69, 9.17) is 9.47 Å². The fourth-order valence-corrected chi connectivity index (χ4v) is 3.04. The third-order valence-corrected chi connectivity index (χ3v) is 4.53. The van der Waals surface area contributed by atoms with Crippen molar-refractivity contribution >= 4 is 5.69 Å². The maximum atomic E-state index is 11.6. The van der Waals surface area contributed by atoms with Gasteiger partial charge in [-0.15, -0.1) is 0 Å². The predicted molar refractivity (Wildman–Crippen MR) is 96.8 cm³/mol. The SMILES string of the molecule is CC(C)c1ccc(Oc2ncnc(OC3CCCCC3)c2[N+](=O)[O-])cc1. The van der Waals surface area contributed by atoms with Gasteiger partial charge in [0.2, 0.25) is 0 Å². The lowest BCUT2D eigenvalue weighted by Gasteiger charge is -2.22. The minimum Gasteiger partial charge on any atom is -0.469 e. The second kappa shape index (κ2) is 8.12. The molecule has 0 amide bonds. The average molecular weight is 357 g/mol. The summed E-state index contributed by atoms with van der Waals surface area (Å²) in [4.78, 5) is 19.0. The van der Waals surface area contributed by atoms with Gasteiger partial charge < -0.3 is 9.47 Å². The second-order valence-electron chi connectivity index (χ2n) is 6.79. The van der Waals surface area contributed by atoms with E-state index in [-0.39, 0.29) is 23.6 Å². The van der Waals surface area contributed by atoms with Crippen LogP contribution in [0.5, 0.6) is 17.5 Å². The average Bonchev–Trinajstić information content (AvgIpc) is 2.63. The van der Waals surface area contributed by atoms with Crippen molar-refractivity contribution in [2.45, 2.75) is 58.0 Å². The largest absolute Gasteiger partial charge is 0.469 e. The van der Waals surface area contributed by atoms with Crippen LogP contribution in [0.25, 0.3) is 0 Å². The van der Waals surface area contributed by atoms with Crippen molar-refractivity contribution in [2.24, 2.45) is 0 Å².